The predicted molar refractivity (Wildman–Crippen MR) is 116 cm³/mol. The Morgan fingerprint density at radius 3 is 2.43 bits per heavy atom. The van der Waals surface area contributed by atoms with Gasteiger partial charge < -0.3 is 10.1 Å². The average molecular weight is 394 g/mol. The van der Waals surface area contributed by atoms with Crippen LogP contribution in [0.4, 0.5) is 5.69 Å². The Bertz CT molecular complexity index is 968. The lowest BCUT2D eigenvalue weighted by Gasteiger charge is -2.17. The second-order valence-electron chi connectivity index (χ2n) is 7.04. The first kappa shape index (κ1) is 20.0. The van der Waals surface area contributed by atoms with E-state index in [9.17, 15) is 4.79 Å². The molecule has 0 aromatic heterocycles. The Morgan fingerprint density at radius 2 is 1.75 bits per heavy atom. The number of para-hydroxylation sites is 1. The highest BCUT2D eigenvalue weighted by Crippen LogP contribution is 2.31. The van der Waals surface area contributed by atoms with E-state index in [4.69, 9.17) is 16.3 Å². The normalized spacial score (nSPS) is 10.8. The van der Waals surface area contributed by atoms with Crippen molar-refractivity contribution in [1.29, 1.82) is 0 Å². The molecule has 0 saturated carbocycles. The van der Waals surface area contributed by atoms with Crippen LogP contribution in [-0.2, 0) is 4.79 Å². The SMILES string of the molecule is Cc1cccc(C(C)C)c1NC(=O)COc1ccc(-c2ccccc2)cc1Cl. The van der Waals surface area contributed by atoms with Crippen molar-refractivity contribution in [3.63, 3.8) is 0 Å². The number of ether oxygens (including phenoxy) is 1. The summed E-state index contributed by atoms with van der Waals surface area (Å²) in [5.41, 5.74) is 5.08. The van der Waals surface area contributed by atoms with E-state index in [1.54, 1.807) is 6.07 Å². The van der Waals surface area contributed by atoms with Crippen molar-refractivity contribution in [2.75, 3.05) is 11.9 Å². The first-order valence-electron chi connectivity index (χ1n) is 9.33. The maximum Gasteiger partial charge on any atom is 0.262 e. The van der Waals surface area contributed by atoms with Crippen molar-refractivity contribution in [3.8, 4) is 16.9 Å². The van der Waals surface area contributed by atoms with Gasteiger partial charge in [0.1, 0.15) is 5.75 Å². The molecule has 0 bridgehead atoms. The van der Waals surface area contributed by atoms with Crippen LogP contribution in [0, 0.1) is 6.92 Å². The zero-order valence-corrected chi connectivity index (χ0v) is 17.1. The van der Waals surface area contributed by atoms with Gasteiger partial charge in [-0.15, -0.1) is 0 Å². The van der Waals surface area contributed by atoms with E-state index < -0.39 is 0 Å². The number of anilines is 1. The lowest BCUT2D eigenvalue weighted by atomic mass is 9.98. The Morgan fingerprint density at radius 1 is 1.00 bits per heavy atom. The summed E-state index contributed by atoms with van der Waals surface area (Å²) < 4.78 is 5.66. The van der Waals surface area contributed by atoms with Crippen LogP contribution in [0.5, 0.6) is 5.75 Å². The molecule has 0 unspecified atom stereocenters. The van der Waals surface area contributed by atoms with Gasteiger partial charge in [0.2, 0.25) is 0 Å². The molecule has 3 aromatic carbocycles. The van der Waals surface area contributed by atoms with Crippen molar-refractivity contribution >= 4 is 23.2 Å². The molecule has 3 rings (SSSR count). The summed E-state index contributed by atoms with van der Waals surface area (Å²) in [4.78, 5) is 12.4. The van der Waals surface area contributed by atoms with Gasteiger partial charge in [0.15, 0.2) is 6.61 Å². The number of amides is 1. The molecule has 3 aromatic rings. The monoisotopic (exact) mass is 393 g/mol. The van der Waals surface area contributed by atoms with Gasteiger partial charge in [0.05, 0.1) is 5.02 Å². The molecule has 0 radical (unpaired) electrons. The van der Waals surface area contributed by atoms with Crippen LogP contribution in [0.1, 0.15) is 30.9 Å². The number of rotatable bonds is 6. The number of nitrogens with one attached hydrogen (secondary N) is 1. The molecule has 0 aliphatic carbocycles. The maximum atomic E-state index is 12.4. The highest BCUT2D eigenvalue weighted by Gasteiger charge is 2.13. The number of benzene rings is 3. The van der Waals surface area contributed by atoms with E-state index in [0.29, 0.717) is 16.7 Å². The van der Waals surface area contributed by atoms with Gasteiger partial charge >= 0.3 is 0 Å². The predicted octanol–water partition coefficient (Wildman–Crippen LogP) is 6.46. The summed E-state index contributed by atoms with van der Waals surface area (Å²) >= 11 is 6.36. The molecule has 1 amide bonds. The summed E-state index contributed by atoms with van der Waals surface area (Å²) in [6.45, 7) is 6.10. The Kier molecular flexibility index (Phi) is 6.37. The molecule has 0 atom stereocenters. The van der Waals surface area contributed by atoms with Gasteiger partial charge in [0, 0.05) is 5.69 Å². The van der Waals surface area contributed by atoms with Crippen molar-refractivity contribution in [3.05, 3.63) is 82.9 Å². The van der Waals surface area contributed by atoms with Crippen LogP contribution >= 0.6 is 11.6 Å². The standard InChI is InChI=1S/C24H24ClNO2/c1-16(2)20-11-7-8-17(3)24(20)26-23(27)15-28-22-13-12-19(14-21(22)25)18-9-5-4-6-10-18/h4-14,16H,15H2,1-3H3,(H,26,27). The molecule has 0 saturated heterocycles. The molecule has 28 heavy (non-hydrogen) atoms. The second kappa shape index (κ2) is 8.94. The quantitative estimate of drug-likeness (QED) is 0.522. The van der Waals surface area contributed by atoms with Crippen LogP contribution in [0.15, 0.2) is 66.7 Å². The van der Waals surface area contributed by atoms with Gasteiger partial charge in [-0.2, -0.15) is 0 Å². The zero-order valence-electron chi connectivity index (χ0n) is 16.3. The van der Waals surface area contributed by atoms with Crippen LogP contribution in [-0.4, -0.2) is 12.5 Å². The average Bonchev–Trinajstić information content (AvgIpc) is 2.69. The van der Waals surface area contributed by atoms with E-state index in [1.807, 2.05) is 67.6 Å². The second-order valence-corrected chi connectivity index (χ2v) is 7.45. The lowest BCUT2D eigenvalue weighted by Crippen LogP contribution is -2.21. The summed E-state index contributed by atoms with van der Waals surface area (Å²) in [5, 5.41) is 3.46. The van der Waals surface area contributed by atoms with Crippen LogP contribution in [0.25, 0.3) is 11.1 Å². The fraction of sp³-hybridized carbons (Fsp3) is 0.208. The zero-order chi connectivity index (χ0) is 20.1. The molecule has 0 heterocycles. The number of halogens is 1. The van der Waals surface area contributed by atoms with Gasteiger partial charge in [0.25, 0.3) is 5.91 Å². The molecule has 144 valence electrons. The lowest BCUT2D eigenvalue weighted by molar-refractivity contribution is -0.118. The van der Waals surface area contributed by atoms with E-state index in [1.165, 1.54) is 0 Å². The topological polar surface area (TPSA) is 38.3 Å². The third-order valence-electron chi connectivity index (χ3n) is 4.59. The summed E-state index contributed by atoms with van der Waals surface area (Å²) in [6.07, 6.45) is 0. The number of aryl methyl sites for hydroxylation is 1. The van der Waals surface area contributed by atoms with Crippen LogP contribution < -0.4 is 10.1 Å². The number of hydrogen-bond donors (Lipinski definition) is 1. The maximum absolute atomic E-state index is 12.4. The van der Waals surface area contributed by atoms with Gasteiger partial charge in [-0.05, 0) is 47.2 Å². The Balaban J connectivity index is 1.67. The molecule has 1 N–H and O–H groups in total. The highest BCUT2D eigenvalue weighted by molar-refractivity contribution is 6.32. The first-order chi connectivity index (χ1) is 13.5. The number of carbonyl (C=O) groups is 1. The number of hydrogen-bond acceptors (Lipinski definition) is 2. The fourth-order valence-corrected chi connectivity index (χ4v) is 3.32. The molecule has 3 nitrogen and oxygen atoms in total. The highest BCUT2D eigenvalue weighted by atomic mass is 35.5. The minimum absolute atomic E-state index is 0.101. The molecular formula is C24H24ClNO2. The summed E-state index contributed by atoms with van der Waals surface area (Å²) in [5.74, 6) is 0.598. The van der Waals surface area contributed by atoms with E-state index in [0.717, 1.165) is 27.9 Å². The van der Waals surface area contributed by atoms with Gasteiger partial charge in [-0.25, -0.2) is 0 Å². The molecule has 0 fully saturated rings. The van der Waals surface area contributed by atoms with Crippen molar-refractivity contribution in [2.45, 2.75) is 26.7 Å². The minimum Gasteiger partial charge on any atom is -0.482 e. The van der Waals surface area contributed by atoms with Crippen LogP contribution in [0.2, 0.25) is 5.02 Å². The van der Waals surface area contributed by atoms with Gasteiger partial charge in [-0.3, -0.25) is 4.79 Å². The van der Waals surface area contributed by atoms with Crippen molar-refractivity contribution in [1.82, 2.24) is 0 Å². The third-order valence-corrected chi connectivity index (χ3v) is 4.88. The third kappa shape index (κ3) is 4.73. The Hall–Kier alpha value is -2.78. The number of carbonyl (C=O) groups excluding carboxylic acids is 1. The molecular weight excluding hydrogens is 370 g/mol. The van der Waals surface area contributed by atoms with Crippen LogP contribution in [0.3, 0.4) is 0 Å². The summed E-state index contributed by atoms with van der Waals surface area (Å²) in [7, 11) is 0. The Labute approximate surface area is 171 Å². The minimum atomic E-state index is -0.209. The smallest absolute Gasteiger partial charge is 0.262 e. The first-order valence-corrected chi connectivity index (χ1v) is 9.70. The van der Waals surface area contributed by atoms with E-state index in [-0.39, 0.29) is 12.5 Å². The fourth-order valence-electron chi connectivity index (χ4n) is 3.09. The van der Waals surface area contributed by atoms with Gasteiger partial charge in [-0.1, -0.05) is 80.0 Å². The van der Waals surface area contributed by atoms with Crippen molar-refractivity contribution < 1.29 is 9.53 Å². The van der Waals surface area contributed by atoms with Crippen molar-refractivity contribution in [2.24, 2.45) is 0 Å². The molecule has 0 aliphatic rings. The molecule has 0 spiro atoms. The van der Waals surface area contributed by atoms with E-state index in [2.05, 4.69) is 19.2 Å². The largest absolute Gasteiger partial charge is 0.482 e. The molecule has 0 aliphatic heterocycles. The summed E-state index contributed by atoms with van der Waals surface area (Å²) in [6, 6.07) is 21.6. The molecule has 4 heteroatoms. The van der Waals surface area contributed by atoms with E-state index >= 15 is 0 Å².